The molecule has 0 saturated carbocycles. The van der Waals surface area contributed by atoms with Crippen LogP contribution in [0.1, 0.15) is 49.7 Å². The van der Waals surface area contributed by atoms with Gasteiger partial charge in [-0.1, -0.05) is 32.4 Å². The number of aromatic nitrogens is 1. The minimum absolute atomic E-state index is 0.0731. The summed E-state index contributed by atoms with van der Waals surface area (Å²) in [6, 6.07) is 5.93. The first-order chi connectivity index (χ1) is 14.3. The van der Waals surface area contributed by atoms with Gasteiger partial charge in [-0.2, -0.15) is 0 Å². The Bertz CT molecular complexity index is 860. The van der Waals surface area contributed by atoms with Crippen LogP contribution in [0.25, 0.3) is 0 Å². The lowest BCUT2D eigenvalue weighted by Crippen LogP contribution is -2.47. The number of hydrogen-bond donors (Lipinski definition) is 2. The number of hydrogen-bond acceptors (Lipinski definition) is 5. The molecule has 162 valence electrons. The largest absolute Gasteiger partial charge is 0.340 e. The van der Waals surface area contributed by atoms with E-state index < -0.39 is 6.04 Å². The lowest BCUT2D eigenvalue weighted by atomic mass is 9.99. The standard InChI is InChI=1S/C22H29ClN4O2S/c1-14(2)19(25-20(28)16-4-6-17(23)7-5-16)21(29)26-22-24-18(13-30-22)12-27-10-8-15(3)9-11-27/h4-7,13-15,19H,8-12H2,1-3H3,(H,25,28)(H,24,26,29). The molecular formula is C22H29ClN4O2S. The van der Waals surface area contributed by atoms with Gasteiger partial charge in [0, 0.05) is 22.5 Å². The Labute approximate surface area is 187 Å². The topological polar surface area (TPSA) is 74.3 Å². The summed E-state index contributed by atoms with van der Waals surface area (Å²) in [5.41, 5.74) is 1.43. The number of rotatable bonds is 7. The zero-order valence-electron chi connectivity index (χ0n) is 17.7. The molecule has 6 nitrogen and oxygen atoms in total. The Morgan fingerprint density at radius 3 is 2.53 bits per heavy atom. The predicted octanol–water partition coefficient (Wildman–Crippen LogP) is 4.42. The van der Waals surface area contributed by atoms with E-state index in [0.29, 0.717) is 15.7 Å². The summed E-state index contributed by atoms with van der Waals surface area (Å²) in [6.45, 7) is 9.08. The summed E-state index contributed by atoms with van der Waals surface area (Å²) in [6.07, 6.45) is 2.44. The highest BCUT2D eigenvalue weighted by Crippen LogP contribution is 2.21. The van der Waals surface area contributed by atoms with Crippen molar-refractivity contribution < 1.29 is 9.59 Å². The van der Waals surface area contributed by atoms with E-state index in [2.05, 4.69) is 27.4 Å². The van der Waals surface area contributed by atoms with E-state index in [-0.39, 0.29) is 17.7 Å². The number of piperidine rings is 1. The van der Waals surface area contributed by atoms with E-state index in [9.17, 15) is 9.59 Å². The summed E-state index contributed by atoms with van der Waals surface area (Å²) in [5.74, 6) is 0.151. The number of anilines is 1. The van der Waals surface area contributed by atoms with Crippen LogP contribution in [0.15, 0.2) is 29.6 Å². The lowest BCUT2D eigenvalue weighted by Gasteiger charge is -2.29. The molecule has 1 unspecified atom stereocenters. The molecular weight excluding hydrogens is 420 g/mol. The number of thiazole rings is 1. The van der Waals surface area contributed by atoms with Crippen molar-refractivity contribution in [1.29, 1.82) is 0 Å². The van der Waals surface area contributed by atoms with Gasteiger partial charge < -0.3 is 10.6 Å². The van der Waals surface area contributed by atoms with Crippen molar-refractivity contribution in [2.75, 3.05) is 18.4 Å². The van der Waals surface area contributed by atoms with Crippen molar-refractivity contribution in [3.8, 4) is 0 Å². The highest BCUT2D eigenvalue weighted by atomic mass is 35.5. The summed E-state index contributed by atoms with van der Waals surface area (Å²) in [4.78, 5) is 32.3. The monoisotopic (exact) mass is 448 g/mol. The Morgan fingerprint density at radius 2 is 1.90 bits per heavy atom. The van der Waals surface area contributed by atoms with E-state index in [1.165, 1.54) is 24.2 Å². The Kier molecular flexibility index (Phi) is 7.86. The highest BCUT2D eigenvalue weighted by Gasteiger charge is 2.26. The van der Waals surface area contributed by atoms with Crippen LogP contribution in [0.5, 0.6) is 0 Å². The normalized spacial score (nSPS) is 16.4. The molecule has 1 atom stereocenters. The molecule has 0 spiro atoms. The van der Waals surface area contributed by atoms with Gasteiger partial charge in [-0.05, 0) is 62.0 Å². The van der Waals surface area contributed by atoms with Gasteiger partial charge in [0.1, 0.15) is 6.04 Å². The van der Waals surface area contributed by atoms with Crippen molar-refractivity contribution in [3.63, 3.8) is 0 Å². The molecule has 0 bridgehead atoms. The van der Waals surface area contributed by atoms with E-state index in [4.69, 9.17) is 11.6 Å². The minimum Gasteiger partial charge on any atom is -0.340 e. The van der Waals surface area contributed by atoms with Crippen LogP contribution in [0.2, 0.25) is 5.02 Å². The van der Waals surface area contributed by atoms with Crippen LogP contribution >= 0.6 is 22.9 Å². The molecule has 1 saturated heterocycles. The molecule has 2 amide bonds. The number of carbonyl (C=O) groups is 2. The van der Waals surface area contributed by atoms with Crippen LogP contribution in [-0.2, 0) is 11.3 Å². The van der Waals surface area contributed by atoms with E-state index >= 15 is 0 Å². The van der Waals surface area contributed by atoms with Gasteiger partial charge in [0.2, 0.25) is 5.91 Å². The van der Waals surface area contributed by atoms with Crippen LogP contribution in [-0.4, -0.2) is 40.8 Å². The van der Waals surface area contributed by atoms with Crippen LogP contribution in [0, 0.1) is 11.8 Å². The number of halogens is 1. The van der Waals surface area contributed by atoms with Crippen LogP contribution < -0.4 is 10.6 Å². The summed E-state index contributed by atoms with van der Waals surface area (Å²) in [5, 5.41) is 8.80. The lowest BCUT2D eigenvalue weighted by molar-refractivity contribution is -0.118. The van der Waals surface area contributed by atoms with Gasteiger partial charge in [0.05, 0.1) is 5.69 Å². The molecule has 8 heteroatoms. The van der Waals surface area contributed by atoms with Gasteiger partial charge in [0.15, 0.2) is 5.13 Å². The molecule has 2 N–H and O–H groups in total. The zero-order chi connectivity index (χ0) is 21.7. The third-order valence-corrected chi connectivity index (χ3v) is 6.44. The number of nitrogens with zero attached hydrogens (tertiary/aromatic N) is 2. The molecule has 0 radical (unpaired) electrons. The highest BCUT2D eigenvalue weighted by molar-refractivity contribution is 7.13. The smallest absolute Gasteiger partial charge is 0.251 e. The van der Waals surface area contributed by atoms with Crippen molar-refractivity contribution in [3.05, 3.63) is 45.9 Å². The quantitative estimate of drug-likeness (QED) is 0.657. The van der Waals surface area contributed by atoms with Crippen molar-refractivity contribution >= 4 is 39.9 Å². The average molecular weight is 449 g/mol. The van der Waals surface area contributed by atoms with Gasteiger partial charge in [-0.15, -0.1) is 11.3 Å². The van der Waals surface area contributed by atoms with Crippen molar-refractivity contribution in [2.45, 2.75) is 46.2 Å². The second-order valence-electron chi connectivity index (χ2n) is 8.29. The number of amides is 2. The van der Waals surface area contributed by atoms with Gasteiger partial charge in [-0.3, -0.25) is 14.5 Å². The molecule has 1 aliphatic heterocycles. The number of likely N-dealkylation sites (tertiary alicyclic amines) is 1. The molecule has 1 aromatic heterocycles. The van der Waals surface area contributed by atoms with E-state index in [0.717, 1.165) is 31.2 Å². The first-order valence-electron chi connectivity index (χ1n) is 10.4. The molecule has 1 fully saturated rings. The number of carbonyl (C=O) groups excluding carboxylic acids is 2. The maximum Gasteiger partial charge on any atom is 0.251 e. The maximum absolute atomic E-state index is 12.8. The SMILES string of the molecule is CC1CCN(Cc2csc(NC(=O)C(NC(=O)c3ccc(Cl)cc3)C(C)C)n2)CC1. The summed E-state index contributed by atoms with van der Waals surface area (Å²) in [7, 11) is 0. The maximum atomic E-state index is 12.8. The zero-order valence-corrected chi connectivity index (χ0v) is 19.2. The average Bonchev–Trinajstić information content (AvgIpc) is 3.14. The Hall–Kier alpha value is -1.96. The fourth-order valence-electron chi connectivity index (χ4n) is 3.43. The van der Waals surface area contributed by atoms with Crippen LogP contribution in [0.4, 0.5) is 5.13 Å². The number of benzene rings is 1. The first kappa shape index (κ1) is 22.7. The molecule has 30 heavy (non-hydrogen) atoms. The third-order valence-electron chi connectivity index (χ3n) is 5.39. The van der Waals surface area contributed by atoms with Crippen LogP contribution in [0.3, 0.4) is 0 Å². The number of nitrogens with one attached hydrogen (secondary N) is 2. The van der Waals surface area contributed by atoms with Crippen molar-refractivity contribution in [2.24, 2.45) is 11.8 Å². The second-order valence-corrected chi connectivity index (χ2v) is 9.59. The molecule has 2 aromatic rings. The third kappa shape index (κ3) is 6.27. The van der Waals surface area contributed by atoms with Gasteiger partial charge >= 0.3 is 0 Å². The van der Waals surface area contributed by atoms with Crippen molar-refractivity contribution in [1.82, 2.24) is 15.2 Å². The molecule has 0 aliphatic carbocycles. The van der Waals surface area contributed by atoms with Gasteiger partial charge in [0.25, 0.3) is 5.91 Å². The Morgan fingerprint density at radius 1 is 1.23 bits per heavy atom. The fourth-order valence-corrected chi connectivity index (χ4v) is 4.26. The molecule has 1 aliphatic rings. The van der Waals surface area contributed by atoms with Gasteiger partial charge in [-0.25, -0.2) is 4.98 Å². The second kappa shape index (κ2) is 10.4. The fraction of sp³-hybridized carbons (Fsp3) is 0.500. The minimum atomic E-state index is -0.663. The Balaban J connectivity index is 1.58. The molecule has 3 rings (SSSR count). The predicted molar refractivity (Wildman–Crippen MR) is 122 cm³/mol. The van der Waals surface area contributed by atoms with E-state index in [1.807, 2.05) is 19.2 Å². The first-order valence-corrected chi connectivity index (χ1v) is 11.6. The molecule has 2 heterocycles. The summed E-state index contributed by atoms with van der Waals surface area (Å²) < 4.78 is 0. The van der Waals surface area contributed by atoms with E-state index in [1.54, 1.807) is 24.3 Å². The summed E-state index contributed by atoms with van der Waals surface area (Å²) >= 11 is 7.29. The molecule has 1 aromatic carbocycles.